The highest BCUT2D eigenvalue weighted by Gasteiger charge is 2.35. The van der Waals surface area contributed by atoms with E-state index in [0.29, 0.717) is 17.4 Å². The van der Waals surface area contributed by atoms with Crippen LogP contribution >= 0.6 is 0 Å². The van der Waals surface area contributed by atoms with Crippen molar-refractivity contribution in [3.05, 3.63) is 0 Å². The maximum Gasteiger partial charge on any atom is 0.306 e. The molecule has 2 N–H and O–H groups in total. The molecule has 2 aliphatic carbocycles. The van der Waals surface area contributed by atoms with Crippen molar-refractivity contribution in [2.75, 3.05) is 6.54 Å². The van der Waals surface area contributed by atoms with Gasteiger partial charge in [0.05, 0.1) is 5.92 Å². The molecule has 0 spiro atoms. The molecule has 0 aromatic heterocycles. The highest BCUT2D eigenvalue weighted by atomic mass is 16.4. The number of carboxylic acids is 1. The molecule has 0 aliphatic heterocycles. The summed E-state index contributed by atoms with van der Waals surface area (Å²) in [5.74, 6) is 0.418. The average Bonchev–Trinajstić information content (AvgIpc) is 2.71. The summed E-state index contributed by atoms with van der Waals surface area (Å²) >= 11 is 0. The van der Waals surface area contributed by atoms with Crippen LogP contribution in [0, 0.1) is 23.2 Å². The molecule has 2 fully saturated rings. The first-order chi connectivity index (χ1) is 8.87. The van der Waals surface area contributed by atoms with Crippen molar-refractivity contribution < 1.29 is 9.90 Å². The minimum absolute atomic E-state index is 0.110. The lowest BCUT2D eigenvalue weighted by Crippen LogP contribution is -2.42. The number of hydrogen-bond donors (Lipinski definition) is 2. The van der Waals surface area contributed by atoms with Crippen LogP contribution in [0.5, 0.6) is 0 Å². The van der Waals surface area contributed by atoms with Gasteiger partial charge < -0.3 is 10.4 Å². The van der Waals surface area contributed by atoms with Gasteiger partial charge in [0.25, 0.3) is 0 Å². The molecule has 19 heavy (non-hydrogen) atoms. The van der Waals surface area contributed by atoms with Crippen LogP contribution < -0.4 is 5.32 Å². The summed E-state index contributed by atoms with van der Waals surface area (Å²) in [5, 5.41) is 12.9. The highest BCUT2D eigenvalue weighted by Crippen LogP contribution is 2.39. The quantitative estimate of drug-likeness (QED) is 0.821. The molecule has 0 heterocycles. The molecule has 3 nitrogen and oxygen atoms in total. The van der Waals surface area contributed by atoms with Gasteiger partial charge in [-0.1, -0.05) is 27.2 Å². The Morgan fingerprint density at radius 2 is 2.05 bits per heavy atom. The largest absolute Gasteiger partial charge is 0.481 e. The smallest absolute Gasteiger partial charge is 0.306 e. The molecule has 2 rings (SSSR count). The van der Waals surface area contributed by atoms with Crippen molar-refractivity contribution in [2.24, 2.45) is 23.2 Å². The molecule has 0 amide bonds. The molecule has 2 saturated carbocycles. The van der Waals surface area contributed by atoms with E-state index in [-0.39, 0.29) is 5.92 Å². The Balaban J connectivity index is 1.83. The van der Waals surface area contributed by atoms with Gasteiger partial charge in [0.2, 0.25) is 0 Å². The van der Waals surface area contributed by atoms with Crippen LogP contribution in [0.2, 0.25) is 0 Å². The molecule has 0 saturated heterocycles. The fourth-order valence-corrected chi connectivity index (χ4v) is 4.43. The van der Waals surface area contributed by atoms with E-state index in [4.69, 9.17) is 0 Å². The lowest BCUT2D eigenvalue weighted by molar-refractivity contribution is -0.142. The molecular formula is C16H29NO2. The summed E-state index contributed by atoms with van der Waals surface area (Å²) in [7, 11) is 0. The third-order valence-corrected chi connectivity index (χ3v) is 5.03. The van der Waals surface area contributed by atoms with Crippen molar-refractivity contribution in [3.8, 4) is 0 Å². The first-order valence-electron chi connectivity index (χ1n) is 7.83. The van der Waals surface area contributed by atoms with E-state index < -0.39 is 5.97 Å². The highest BCUT2D eigenvalue weighted by molar-refractivity contribution is 5.70. The normalized spacial score (nSPS) is 38.3. The third-order valence-electron chi connectivity index (χ3n) is 5.03. The Labute approximate surface area is 117 Å². The minimum atomic E-state index is -0.596. The number of rotatable bonds is 4. The van der Waals surface area contributed by atoms with Crippen LogP contribution in [-0.4, -0.2) is 23.7 Å². The second-order valence-electron chi connectivity index (χ2n) is 7.65. The second-order valence-corrected chi connectivity index (χ2v) is 7.65. The van der Waals surface area contributed by atoms with Gasteiger partial charge in [0.15, 0.2) is 0 Å². The Morgan fingerprint density at radius 1 is 1.32 bits per heavy atom. The molecular weight excluding hydrogens is 238 g/mol. The van der Waals surface area contributed by atoms with E-state index in [9.17, 15) is 9.90 Å². The van der Waals surface area contributed by atoms with Crippen molar-refractivity contribution >= 4 is 5.97 Å². The van der Waals surface area contributed by atoms with Gasteiger partial charge in [-0.25, -0.2) is 0 Å². The molecule has 2 aliphatic rings. The maximum absolute atomic E-state index is 11.2. The predicted octanol–water partition coefficient (Wildman–Crippen LogP) is 3.29. The van der Waals surface area contributed by atoms with Crippen LogP contribution in [0.15, 0.2) is 0 Å². The maximum atomic E-state index is 11.2. The summed E-state index contributed by atoms with van der Waals surface area (Å²) < 4.78 is 0. The second kappa shape index (κ2) is 5.82. The molecule has 3 heteroatoms. The first kappa shape index (κ1) is 14.8. The Morgan fingerprint density at radius 3 is 2.68 bits per heavy atom. The summed E-state index contributed by atoms with van der Waals surface area (Å²) in [6.07, 6.45) is 6.81. The summed E-state index contributed by atoms with van der Waals surface area (Å²) in [6.45, 7) is 7.94. The zero-order chi connectivity index (χ0) is 14.0. The van der Waals surface area contributed by atoms with E-state index >= 15 is 0 Å². The molecule has 0 bridgehead atoms. The van der Waals surface area contributed by atoms with Crippen molar-refractivity contribution in [1.29, 1.82) is 0 Å². The van der Waals surface area contributed by atoms with Crippen LogP contribution in [0.25, 0.3) is 0 Å². The number of nitrogens with one attached hydrogen (secondary N) is 1. The van der Waals surface area contributed by atoms with Crippen molar-refractivity contribution in [3.63, 3.8) is 0 Å². The monoisotopic (exact) mass is 267 g/mol. The van der Waals surface area contributed by atoms with Crippen LogP contribution in [0.1, 0.15) is 59.3 Å². The van der Waals surface area contributed by atoms with Crippen LogP contribution in [0.4, 0.5) is 0 Å². The first-order valence-corrected chi connectivity index (χ1v) is 7.83. The summed E-state index contributed by atoms with van der Waals surface area (Å²) in [4.78, 5) is 11.2. The fourth-order valence-electron chi connectivity index (χ4n) is 4.43. The average molecular weight is 267 g/mol. The van der Waals surface area contributed by atoms with E-state index in [2.05, 4.69) is 26.1 Å². The fraction of sp³-hybridized carbons (Fsp3) is 0.938. The Hall–Kier alpha value is -0.570. The van der Waals surface area contributed by atoms with E-state index in [0.717, 1.165) is 31.7 Å². The van der Waals surface area contributed by atoms with Gasteiger partial charge in [0, 0.05) is 6.04 Å². The van der Waals surface area contributed by atoms with Gasteiger partial charge in [-0.3, -0.25) is 4.79 Å². The van der Waals surface area contributed by atoms with E-state index in [1.54, 1.807) is 0 Å². The summed E-state index contributed by atoms with van der Waals surface area (Å²) in [5.41, 5.74) is 0.428. The SMILES string of the molecule is CC1CC(NCC2CCCC2C(=O)O)CC(C)(C)C1. The number of carbonyl (C=O) groups is 1. The standard InChI is InChI=1S/C16H29NO2/c1-11-7-13(9-16(2,3)8-11)17-10-12-5-4-6-14(12)15(18)19/h11-14,17H,4-10H2,1-3H3,(H,18,19). The molecule has 110 valence electrons. The number of carboxylic acid groups (broad SMARTS) is 1. The van der Waals surface area contributed by atoms with Gasteiger partial charge >= 0.3 is 5.97 Å². The van der Waals surface area contributed by atoms with Crippen LogP contribution in [0.3, 0.4) is 0 Å². The molecule has 4 unspecified atom stereocenters. The third kappa shape index (κ3) is 3.95. The summed E-state index contributed by atoms with van der Waals surface area (Å²) in [6, 6.07) is 0.578. The van der Waals surface area contributed by atoms with Crippen LogP contribution in [-0.2, 0) is 4.79 Å². The van der Waals surface area contributed by atoms with E-state index in [1.165, 1.54) is 19.3 Å². The molecule has 0 radical (unpaired) electrons. The Kier molecular flexibility index (Phi) is 4.54. The van der Waals surface area contributed by atoms with Crippen molar-refractivity contribution in [1.82, 2.24) is 5.32 Å². The predicted molar refractivity (Wildman–Crippen MR) is 77.1 cm³/mol. The zero-order valence-corrected chi connectivity index (χ0v) is 12.6. The Bertz CT molecular complexity index is 327. The topological polar surface area (TPSA) is 49.3 Å². The minimum Gasteiger partial charge on any atom is -0.481 e. The van der Waals surface area contributed by atoms with Gasteiger partial charge in [-0.2, -0.15) is 0 Å². The molecule has 0 aromatic carbocycles. The number of hydrogen-bond acceptors (Lipinski definition) is 2. The molecule has 4 atom stereocenters. The molecule has 0 aromatic rings. The van der Waals surface area contributed by atoms with Crippen molar-refractivity contribution in [2.45, 2.75) is 65.3 Å². The van der Waals surface area contributed by atoms with Gasteiger partial charge in [-0.15, -0.1) is 0 Å². The van der Waals surface area contributed by atoms with Gasteiger partial charge in [0.1, 0.15) is 0 Å². The lowest BCUT2D eigenvalue weighted by Gasteiger charge is -2.40. The van der Waals surface area contributed by atoms with E-state index in [1.807, 2.05) is 0 Å². The lowest BCUT2D eigenvalue weighted by atomic mass is 9.70. The van der Waals surface area contributed by atoms with Gasteiger partial charge in [-0.05, 0) is 55.9 Å². The number of aliphatic carboxylic acids is 1. The zero-order valence-electron chi connectivity index (χ0n) is 12.6.